The lowest BCUT2D eigenvalue weighted by Gasteiger charge is -2.29. The average Bonchev–Trinajstić information content (AvgIpc) is 2.35. The molecule has 0 spiro atoms. The zero-order valence-corrected chi connectivity index (χ0v) is 10.8. The lowest BCUT2D eigenvalue weighted by molar-refractivity contribution is -0.384. The van der Waals surface area contributed by atoms with Crippen LogP contribution in [0.3, 0.4) is 0 Å². The van der Waals surface area contributed by atoms with Gasteiger partial charge in [-0.3, -0.25) is 14.9 Å². The van der Waals surface area contributed by atoms with Crippen molar-refractivity contribution in [1.29, 1.82) is 0 Å². The van der Waals surface area contributed by atoms with Crippen LogP contribution >= 0.6 is 0 Å². The number of fused-ring (bicyclic) bond motifs is 1. The van der Waals surface area contributed by atoms with Crippen LogP contribution in [-0.2, 0) is 4.79 Å². The smallest absolute Gasteiger partial charge is 0.270 e. The van der Waals surface area contributed by atoms with Crippen molar-refractivity contribution < 1.29 is 14.5 Å². The van der Waals surface area contributed by atoms with Crippen LogP contribution in [0.25, 0.3) is 0 Å². The number of nitro benzene ring substituents is 1. The highest BCUT2D eigenvalue weighted by Gasteiger charge is 2.32. The maximum Gasteiger partial charge on any atom is 0.270 e. The second-order valence-electron chi connectivity index (χ2n) is 4.53. The van der Waals surface area contributed by atoms with Crippen LogP contribution < -0.4 is 10.1 Å². The van der Waals surface area contributed by atoms with E-state index in [1.54, 1.807) is 13.8 Å². The highest BCUT2D eigenvalue weighted by Crippen LogP contribution is 2.32. The zero-order valence-electron chi connectivity index (χ0n) is 10.8. The van der Waals surface area contributed by atoms with E-state index in [4.69, 9.17) is 4.74 Å². The van der Waals surface area contributed by atoms with E-state index in [2.05, 4.69) is 10.3 Å². The molecule has 0 atom stereocenters. The molecule has 1 aliphatic heterocycles. The van der Waals surface area contributed by atoms with Gasteiger partial charge in [-0.05, 0) is 19.9 Å². The summed E-state index contributed by atoms with van der Waals surface area (Å²) in [5, 5.41) is 13.3. The first-order chi connectivity index (χ1) is 8.84. The third kappa shape index (κ3) is 2.40. The highest BCUT2D eigenvalue weighted by molar-refractivity contribution is 6.46. The quantitative estimate of drug-likeness (QED) is 0.642. The minimum Gasteiger partial charge on any atom is -0.466 e. The Hall–Kier alpha value is -2.44. The van der Waals surface area contributed by atoms with Gasteiger partial charge in [-0.25, -0.2) is 4.99 Å². The largest absolute Gasteiger partial charge is 0.466 e. The molecule has 1 aromatic carbocycles. The predicted molar refractivity (Wildman–Crippen MR) is 68.4 cm³/mol. The van der Waals surface area contributed by atoms with E-state index in [-0.39, 0.29) is 11.4 Å². The van der Waals surface area contributed by atoms with Crippen LogP contribution in [0.15, 0.2) is 23.2 Å². The minimum atomic E-state index is -0.884. The number of nitrogens with one attached hydrogen (secondary N) is 1. The van der Waals surface area contributed by atoms with Crippen molar-refractivity contribution in [3.63, 3.8) is 0 Å². The molecule has 0 fully saturated rings. The molecule has 1 heterocycles. The van der Waals surface area contributed by atoms with Crippen molar-refractivity contribution in [3.05, 3.63) is 33.9 Å². The molecule has 0 unspecified atom stereocenters. The van der Waals surface area contributed by atoms with Crippen molar-refractivity contribution in [3.8, 4) is 5.75 Å². The van der Waals surface area contributed by atoms with E-state index < -0.39 is 16.6 Å². The Bertz CT molecular complexity index is 593. The van der Waals surface area contributed by atoms with Crippen LogP contribution in [-0.4, -0.2) is 29.3 Å². The van der Waals surface area contributed by atoms with Crippen molar-refractivity contribution in [1.82, 2.24) is 5.32 Å². The lowest BCUT2D eigenvalue weighted by atomic mass is 10.0. The molecule has 7 nitrogen and oxygen atoms in total. The number of ether oxygens (including phenoxy) is 1. The van der Waals surface area contributed by atoms with Crippen molar-refractivity contribution in [2.45, 2.75) is 19.6 Å². The molecule has 1 aliphatic rings. The standard InChI is InChI=1S/C12H13N3O4/c1-12(2)14-10(11(16)13-3)8-6-7(15(17)18)4-5-9(8)19-12/h4-6H,1-3H3,(H,13,16). The molecule has 7 heteroatoms. The van der Waals surface area contributed by atoms with E-state index in [0.29, 0.717) is 11.3 Å². The number of rotatable bonds is 2. The second kappa shape index (κ2) is 4.34. The topological polar surface area (TPSA) is 93.8 Å². The van der Waals surface area contributed by atoms with Crippen LogP contribution in [0.1, 0.15) is 19.4 Å². The molecule has 0 saturated heterocycles. The van der Waals surface area contributed by atoms with Gasteiger partial charge >= 0.3 is 0 Å². The van der Waals surface area contributed by atoms with E-state index in [9.17, 15) is 14.9 Å². The number of hydrogen-bond acceptors (Lipinski definition) is 5. The van der Waals surface area contributed by atoms with Gasteiger partial charge in [-0.1, -0.05) is 0 Å². The van der Waals surface area contributed by atoms with Crippen molar-refractivity contribution in [2.24, 2.45) is 4.99 Å². The number of aliphatic imine (C=N–C) groups is 1. The maximum atomic E-state index is 11.8. The summed E-state index contributed by atoms with van der Waals surface area (Å²) in [6.45, 7) is 3.42. The van der Waals surface area contributed by atoms with Gasteiger partial charge < -0.3 is 10.1 Å². The number of amides is 1. The fourth-order valence-electron chi connectivity index (χ4n) is 1.82. The zero-order chi connectivity index (χ0) is 14.2. The fraction of sp³-hybridized carbons (Fsp3) is 0.333. The van der Waals surface area contributed by atoms with E-state index in [1.807, 2.05) is 0 Å². The van der Waals surface area contributed by atoms with Crippen LogP contribution in [0.5, 0.6) is 5.75 Å². The molecule has 100 valence electrons. The third-order valence-corrected chi connectivity index (χ3v) is 2.61. The normalized spacial score (nSPS) is 15.8. The Balaban J connectivity index is 2.60. The Morgan fingerprint density at radius 1 is 1.47 bits per heavy atom. The first-order valence-electron chi connectivity index (χ1n) is 5.64. The summed E-state index contributed by atoms with van der Waals surface area (Å²) in [6.07, 6.45) is 0. The predicted octanol–water partition coefficient (Wildman–Crippen LogP) is 1.26. The van der Waals surface area contributed by atoms with Gasteiger partial charge in [0.15, 0.2) is 5.72 Å². The summed E-state index contributed by atoms with van der Waals surface area (Å²) >= 11 is 0. The van der Waals surface area contributed by atoms with Crippen LogP contribution in [0.4, 0.5) is 5.69 Å². The SMILES string of the molecule is CNC(=O)C1=NC(C)(C)Oc2ccc([N+](=O)[O-])cc21. The number of hydrogen-bond donors (Lipinski definition) is 1. The summed E-state index contributed by atoms with van der Waals surface area (Å²) in [4.78, 5) is 26.3. The molecule has 0 bridgehead atoms. The Labute approximate surface area is 109 Å². The van der Waals surface area contributed by atoms with Crippen molar-refractivity contribution in [2.75, 3.05) is 7.05 Å². The summed E-state index contributed by atoms with van der Waals surface area (Å²) in [7, 11) is 1.48. The monoisotopic (exact) mass is 263 g/mol. The van der Waals surface area contributed by atoms with Crippen molar-refractivity contribution >= 4 is 17.3 Å². The van der Waals surface area contributed by atoms with Crippen LogP contribution in [0.2, 0.25) is 0 Å². The molecule has 0 radical (unpaired) electrons. The van der Waals surface area contributed by atoms with E-state index >= 15 is 0 Å². The Morgan fingerprint density at radius 2 is 2.16 bits per heavy atom. The number of nitro groups is 1. The molecular formula is C12H13N3O4. The van der Waals surface area contributed by atoms with Gasteiger partial charge in [0.25, 0.3) is 11.6 Å². The minimum absolute atomic E-state index is 0.112. The summed E-state index contributed by atoms with van der Waals surface area (Å²) in [6, 6.07) is 4.10. The van der Waals surface area contributed by atoms with Gasteiger partial charge in [0.2, 0.25) is 0 Å². The molecule has 19 heavy (non-hydrogen) atoms. The fourth-order valence-corrected chi connectivity index (χ4v) is 1.82. The molecule has 1 amide bonds. The lowest BCUT2D eigenvalue weighted by Crippen LogP contribution is -2.38. The van der Waals surface area contributed by atoms with E-state index in [0.717, 1.165) is 0 Å². The van der Waals surface area contributed by atoms with Gasteiger partial charge in [0.1, 0.15) is 11.5 Å². The van der Waals surface area contributed by atoms with E-state index in [1.165, 1.54) is 25.2 Å². The molecule has 1 aromatic rings. The van der Waals surface area contributed by atoms with Gasteiger partial charge in [-0.15, -0.1) is 0 Å². The number of non-ortho nitro benzene ring substituents is 1. The van der Waals surface area contributed by atoms with Gasteiger partial charge in [-0.2, -0.15) is 0 Å². The number of carbonyl (C=O) groups excluding carboxylic acids is 1. The summed E-state index contributed by atoms with van der Waals surface area (Å²) in [5.41, 5.74) is -0.533. The van der Waals surface area contributed by atoms with Crippen LogP contribution in [0, 0.1) is 10.1 Å². The summed E-state index contributed by atoms with van der Waals surface area (Å²) in [5.74, 6) is 0.00215. The number of benzene rings is 1. The van der Waals surface area contributed by atoms with Gasteiger partial charge in [0, 0.05) is 19.2 Å². The number of nitrogens with zero attached hydrogens (tertiary/aromatic N) is 2. The first kappa shape index (κ1) is 13.0. The summed E-state index contributed by atoms with van der Waals surface area (Å²) < 4.78 is 5.59. The molecule has 1 N–H and O–H groups in total. The average molecular weight is 263 g/mol. The molecule has 0 saturated carbocycles. The first-order valence-corrected chi connectivity index (χ1v) is 5.64. The molecule has 0 aromatic heterocycles. The Morgan fingerprint density at radius 3 is 2.74 bits per heavy atom. The second-order valence-corrected chi connectivity index (χ2v) is 4.53. The molecule has 2 rings (SSSR count). The molecular weight excluding hydrogens is 250 g/mol. The molecule has 0 aliphatic carbocycles. The highest BCUT2D eigenvalue weighted by atomic mass is 16.6. The number of likely N-dealkylation sites (N-methyl/N-ethyl adjacent to an activating group) is 1. The van der Waals surface area contributed by atoms with Gasteiger partial charge in [0.05, 0.1) is 10.5 Å². The third-order valence-electron chi connectivity index (χ3n) is 2.61. The Kier molecular flexibility index (Phi) is 2.97. The maximum absolute atomic E-state index is 11.8. The number of carbonyl (C=O) groups is 1.